The number of para-hydroxylation sites is 1. The van der Waals surface area contributed by atoms with Gasteiger partial charge >= 0.3 is 5.97 Å². The molecule has 19 heavy (non-hydrogen) atoms. The maximum atomic E-state index is 11.8. The minimum absolute atomic E-state index is 0.204. The predicted molar refractivity (Wildman–Crippen MR) is 71.9 cm³/mol. The molecule has 1 atom stereocenters. The monoisotopic (exact) mass is 264 g/mol. The molecule has 1 aromatic rings. The van der Waals surface area contributed by atoms with Crippen molar-refractivity contribution in [3.05, 3.63) is 29.8 Å². The summed E-state index contributed by atoms with van der Waals surface area (Å²) in [5, 5.41) is 6.59. The Morgan fingerprint density at radius 1 is 1.42 bits per heavy atom. The summed E-state index contributed by atoms with van der Waals surface area (Å²) in [4.78, 5) is 11.8. The Labute approximate surface area is 113 Å². The number of esters is 1. The molecule has 5 nitrogen and oxygen atoms in total. The molecule has 0 radical (unpaired) electrons. The quantitative estimate of drug-likeness (QED) is 0.777. The fourth-order valence-electron chi connectivity index (χ4n) is 2.48. The third-order valence-corrected chi connectivity index (χ3v) is 3.35. The molecule has 0 aliphatic carbocycles. The van der Waals surface area contributed by atoms with Crippen LogP contribution in [0.3, 0.4) is 0 Å². The lowest BCUT2D eigenvalue weighted by Gasteiger charge is -2.29. The molecule has 1 heterocycles. The molecule has 0 bridgehead atoms. The summed E-state index contributed by atoms with van der Waals surface area (Å²) in [5.41, 5.74) is 0.523. The van der Waals surface area contributed by atoms with Crippen LogP contribution in [0.4, 0.5) is 0 Å². The molecule has 1 fully saturated rings. The van der Waals surface area contributed by atoms with E-state index in [0.717, 1.165) is 11.3 Å². The molecular weight excluding hydrogens is 244 g/mol. The highest BCUT2D eigenvalue weighted by molar-refractivity contribution is 5.72. The molecule has 2 rings (SSSR count). The molecule has 1 saturated heterocycles. The van der Waals surface area contributed by atoms with Crippen molar-refractivity contribution in [1.82, 2.24) is 10.6 Å². The highest BCUT2D eigenvalue weighted by Gasteiger charge is 2.39. The number of rotatable bonds is 5. The first-order valence-corrected chi connectivity index (χ1v) is 6.47. The minimum Gasteiger partial charge on any atom is -0.496 e. The highest BCUT2D eigenvalue weighted by atomic mass is 16.5. The average Bonchev–Trinajstić information content (AvgIpc) is 2.88. The first-order valence-electron chi connectivity index (χ1n) is 6.47. The van der Waals surface area contributed by atoms with Crippen LogP contribution in [-0.4, -0.2) is 32.9 Å². The Morgan fingerprint density at radius 3 is 2.84 bits per heavy atom. The van der Waals surface area contributed by atoms with E-state index in [9.17, 15) is 4.79 Å². The fourth-order valence-corrected chi connectivity index (χ4v) is 2.48. The molecule has 104 valence electrons. The van der Waals surface area contributed by atoms with Gasteiger partial charge in [-0.25, -0.2) is 0 Å². The van der Waals surface area contributed by atoms with Crippen LogP contribution >= 0.6 is 0 Å². The van der Waals surface area contributed by atoms with Crippen molar-refractivity contribution in [2.24, 2.45) is 0 Å². The van der Waals surface area contributed by atoms with E-state index in [1.54, 1.807) is 7.11 Å². The summed E-state index contributed by atoms with van der Waals surface area (Å²) < 4.78 is 10.5. The Bertz CT molecular complexity index is 442. The van der Waals surface area contributed by atoms with Crippen molar-refractivity contribution in [3.8, 4) is 5.75 Å². The van der Waals surface area contributed by atoms with E-state index < -0.39 is 5.54 Å². The Morgan fingerprint density at radius 2 is 2.21 bits per heavy atom. The number of nitrogens with one attached hydrogen (secondary N) is 2. The summed E-state index contributed by atoms with van der Waals surface area (Å²) in [7, 11) is 1.64. The first-order chi connectivity index (χ1) is 9.22. The van der Waals surface area contributed by atoms with Gasteiger partial charge in [0, 0.05) is 18.8 Å². The molecule has 0 saturated carbocycles. The third kappa shape index (κ3) is 2.88. The van der Waals surface area contributed by atoms with Gasteiger partial charge in [-0.15, -0.1) is 0 Å². The van der Waals surface area contributed by atoms with Crippen molar-refractivity contribution < 1.29 is 14.3 Å². The van der Waals surface area contributed by atoms with Gasteiger partial charge in [-0.1, -0.05) is 18.2 Å². The van der Waals surface area contributed by atoms with Crippen LogP contribution in [0.25, 0.3) is 0 Å². The molecule has 1 aliphatic heterocycles. The number of methoxy groups -OCH3 is 1. The first kappa shape index (κ1) is 13.8. The second kappa shape index (κ2) is 6.04. The lowest BCUT2D eigenvalue weighted by atomic mass is 9.86. The number of hydrogen-bond donors (Lipinski definition) is 2. The van der Waals surface area contributed by atoms with Crippen molar-refractivity contribution in [3.63, 3.8) is 0 Å². The Hall–Kier alpha value is -1.59. The minimum atomic E-state index is -0.459. The van der Waals surface area contributed by atoms with E-state index in [-0.39, 0.29) is 12.4 Å². The smallest absolute Gasteiger partial charge is 0.308 e. The van der Waals surface area contributed by atoms with Crippen molar-refractivity contribution in [2.75, 3.05) is 26.9 Å². The zero-order valence-corrected chi connectivity index (χ0v) is 11.4. The molecule has 0 amide bonds. The summed E-state index contributed by atoms with van der Waals surface area (Å²) in [6, 6.07) is 7.76. The molecule has 0 spiro atoms. The van der Waals surface area contributed by atoms with E-state index >= 15 is 0 Å². The number of hydrogen-bond acceptors (Lipinski definition) is 5. The topological polar surface area (TPSA) is 59.6 Å². The van der Waals surface area contributed by atoms with Crippen molar-refractivity contribution in [2.45, 2.75) is 18.9 Å². The number of ether oxygens (including phenoxy) is 2. The molecular formula is C14H20N2O3. The largest absolute Gasteiger partial charge is 0.496 e. The van der Waals surface area contributed by atoms with E-state index in [0.29, 0.717) is 19.8 Å². The lowest BCUT2D eigenvalue weighted by molar-refractivity contribution is -0.144. The fraction of sp³-hybridized carbons (Fsp3) is 0.500. The summed E-state index contributed by atoms with van der Waals surface area (Å²) in [6.07, 6.45) is 0.286. The Kier molecular flexibility index (Phi) is 4.39. The van der Waals surface area contributed by atoms with Crippen LogP contribution in [0.1, 0.15) is 18.9 Å². The highest BCUT2D eigenvalue weighted by Crippen LogP contribution is 2.34. The molecule has 5 heteroatoms. The van der Waals surface area contributed by atoms with Crippen LogP contribution in [0.15, 0.2) is 24.3 Å². The van der Waals surface area contributed by atoms with Crippen LogP contribution in [0, 0.1) is 0 Å². The van der Waals surface area contributed by atoms with Gasteiger partial charge in [0.25, 0.3) is 0 Å². The normalized spacial score (nSPS) is 22.2. The van der Waals surface area contributed by atoms with Gasteiger partial charge in [0.05, 0.1) is 25.7 Å². The van der Waals surface area contributed by atoms with Crippen LogP contribution in [-0.2, 0) is 15.1 Å². The SMILES string of the molecule is CCOC(=O)CC1(c2ccccc2OC)CNCN1. The van der Waals surface area contributed by atoms with E-state index in [1.807, 2.05) is 31.2 Å². The van der Waals surface area contributed by atoms with Crippen LogP contribution in [0.2, 0.25) is 0 Å². The number of carbonyl (C=O) groups excluding carboxylic acids is 1. The van der Waals surface area contributed by atoms with Gasteiger partial charge in [0.15, 0.2) is 0 Å². The zero-order valence-electron chi connectivity index (χ0n) is 11.4. The second-order valence-electron chi connectivity index (χ2n) is 4.54. The van der Waals surface area contributed by atoms with Crippen molar-refractivity contribution in [1.29, 1.82) is 0 Å². The molecule has 1 aromatic carbocycles. The predicted octanol–water partition coefficient (Wildman–Crippen LogP) is 0.994. The summed E-state index contributed by atoms with van der Waals surface area (Å²) in [6.45, 7) is 3.55. The van der Waals surface area contributed by atoms with Gasteiger partial charge in [0.2, 0.25) is 0 Å². The number of carbonyl (C=O) groups is 1. The molecule has 1 aliphatic rings. The van der Waals surface area contributed by atoms with Gasteiger partial charge < -0.3 is 14.8 Å². The summed E-state index contributed by atoms with van der Waals surface area (Å²) in [5.74, 6) is 0.576. The maximum Gasteiger partial charge on any atom is 0.308 e. The van der Waals surface area contributed by atoms with Crippen molar-refractivity contribution >= 4 is 5.97 Å². The Balaban J connectivity index is 2.31. The van der Waals surface area contributed by atoms with E-state index in [2.05, 4.69) is 10.6 Å². The lowest BCUT2D eigenvalue weighted by Crippen LogP contribution is -2.42. The number of benzene rings is 1. The van der Waals surface area contributed by atoms with E-state index in [1.165, 1.54) is 0 Å². The second-order valence-corrected chi connectivity index (χ2v) is 4.54. The molecule has 1 unspecified atom stereocenters. The van der Waals surface area contributed by atoms with Crippen LogP contribution in [0.5, 0.6) is 5.75 Å². The van der Waals surface area contributed by atoms with Crippen LogP contribution < -0.4 is 15.4 Å². The molecule has 2 N–H and O–H groups in total. The zero-order chi connectivity index (χ0) is 13.7. The average molecular weight is 264 g/mol. The standard InChI is InChI=1S/C14H20N2O3/c1-3-19-13(17)8-14(9-15-10-16-14)11-6-4-5-7-12(11)18-2/h4-7,15-16H,3,8-10H2,1-2H3. The maximum absolute atomic E-state index is 11.8. The van der Waals surface area contributed by atoms with Gasteiger partial charge in [0.1, 0.15) is 5.75 Å². The molecule has 0 aromatic heterocycles. The van der Waals surface area contributed by atoms with E-state index in [4.69, 9.17) is 9.47 Å². The van der Waals surface area contributed by atoms with Gasteiger partial charge in [-0.05, 0) is 13.0 Å². The van der Waals surface area contributed by atoms with Gasteiger partial charge in [-0.2, -0.15) is 0 Å². The summed E-state index contributed by atoms with van der Waals surface area (Å²) >= 11 is 0. The third-order valence-electron chi connectivity index (χ3n) is 3.35. The van der Waals surface area contributed by atoms with Gasteiger partial charge in [-0.3, -0.25) is 10.1 Å².